The lowest BCUT2D eigenvalue weighted by atomic mass is 9.90. The molecule has 0 radical (unpaired) electrons. The molecule has 32 heavy (non-hydrogen) atoms. The zero-order valence-electron chi connectivity index (χ0n) is 18.9. The first-order valence-electron chi connectivity index (χ1n) is 10.7. The minimum atomic E-state index is -1.21. The van der Waals surface area contributed by atoms with Crippen LogP contribution in [0, 0.1) is 0 Å². The molecule has 0 aliphatic carbocycles. The standard InChI is InChI=1S/C25H29N3O4/c1-16(2)19-9-11-21(12-10-19)25(4)23(31)28(24(32)27-25)15-22(30)20-7-5-18(6-8-20)13-14-26-17(3)29/h5-12,16H,13-15H2,1-4H3,(H,26,29)(H,27,32). The molecule has 1 aliphatic rings. The van der Waals surface area contributed by atoms with Crippen molar-refractivity contribution in [3.8, 4) is 0 Å². The van der Waals surface area contributed by atoms with E-state index >= 15 is 0 Å². The molecule has 1 heterocycles. The van der Waals surface area contributed by atoms with Crippen LogP contribution in [0.25, 0.3) is 0 Å². The lowest BCUT2D eigenvalue weighted by Gasteiger charge is -2.22. The number of nitrogens with zero attached hydrogens (tertiary/aromatic N) is 1. The Labute approximate surface area is 188 Å². The summed E-state index contributed by atoms with van der Waals surface area (Å²) in [5.41, 5.74) is 2.01. The molecule has 2 aromatic carbocycles. The van der Waals surface area contributed by atoms with Gasteiger partial charge in [-0.2, -0.15) is 0 Å². The van der Waals surface area contributed by atoms with E-state index < -0.39 is 17.5 Å². The first kappa shape index (κ1) is 23.2. The van der Waals surface area contributed by atoms with E-state index in [1.165, 1.54) is 6.92 Å². The summed E-state index contributed by atoms with van der Waals surface area (Å²) in [6, 6.07) is 14.0. The molecule has 0 bridgehead atoms. The number of rotatable bonds is 8. The Bertz CT molecular complexity index is 1030. The first-order valence-corrected chi connectivity index (χ1v) is 10.7. The van der Waals surface area contributed by atoms with Crippen molar-refractivity contribution in [3.63, 3.8) is 0 Å². The van der Waals surface area contributed by atoms with E-state index in [2.05, 4.69) is 24.5 Å². The summed E-state index contributed by atoms with van der Waals surface area (Å²) in [5.74, 6) is -0.494. The summed E-state index contributed by atoms with van der Waals surface area (Å²) in [7, 11) is 0. The van der Waals surface area contributed by atoms with Gasteiger partial charge >= 0.3 is 6.03 Å². The molecule has 0 saturated carbocycles. The molecule has 1 aliphatic heterocycles. The van der Waals surface area contributed by atoms with E-state index in [9.17, 15) is 19.2 Å². The summed E-state index contributed by atoms with van der Waals surface area (Å²) in [4.78, 5) is 50.3. The van der Waals surface area contributed by atoms with Crippen molar-refractivity contribution < 1.29 is 19.2 Å². The van der Waals surface area contributed by atoms with Gasteiger partial charge < -0.3 is 10.6 Å². The Morgan fingerprint density at radius 1 is 1.03 bits per heavy atom. The average molecular weight is 436 g/mol. The molecular weight excluding hydrogens is 406 g/mol. The van der Waals surface area contributed by atoms with Crippen LogP contribution < -0.4 is 10.6 Å². The Hall–Kier alpha value is -3.48. The van der Waals surface area contributed by atoms with Gasteiger partial charge in [-0.15, -0.1) is 0 Å². The molecular formula is C25H29N3O4. The van der Waals surface area contributed by atoms with Crippen LogP contribution in [0.5, 0.6) is 0 Å². The SMILES string of the molecule is CC(=O)NCCc1ccc(C(=O)CN2C(=O)NC(C)(c3ccc(C(C)C)cc3)C2=O)cc1. The second-order valence-electron chi connectivity index (χ2n) is 8.58. The van der Waals surface area contributed by atoms with Gasteiger partial charge in [-0.25, -0.2) is 4.79 Å². The number of carbonyl (C=O) groups excluding carboxylic acids is 4. The van der Waals surface area contributed by atoms with E-state index in [0.717, 1.165) is 16.0 Å². The molecule has 1 saturated heterocycles. The molecule has 2 aromatic rings. The molecule has 0 aromatic heterocycles. The van der Waals surface area contributed by atoms with Crippen LogP contribution in [0.4, 0.5) is 4.79 Å². The fourth-order valence-corrected chi connectivity index (χ4v) is 3.71. The predicted octanol–water partition coefficient (Wildman–Crippen LogP) is 3.14. The van der Waals surface area contributed by atoms with Gasteiger partial charge in [0.2, 0.25) is 5.91 Å². The van der Waals surface area contributed by atoms with Crippen LogP contribution >= 0.6 is 0 Å². The normalized spacial score (nSPS) is 18.1. The van der Waals surface area contributed by atoms with Crippen molar-refractivity contribution in [2.45, 2.75) is 45.6 Å². The number of hydrogen-bond donors (Lipinski definition) is 2. The highest BCUT2D eigenvalue weighted by molar-refractivity contribution is 6.11. The predicted molar refractivity (Wildman–Crippen MR) is 121 cm³/mol. The van der Waals surface area contributed by atoms with Gasteiger partial charge in [-0.3, -0.25) is 19.3 Å². The average Bonchev–Trinajstić information content (AvgIpc) is 2.98. The quantitative estimate of drug-likeness (QED) is 0.492. The second kappa shape index (κ2) is 9.34. The van der Waals surface area contributed by atoms with Crippen molar-refractivity contribution >= 4 is 23.6 Å². The molecule has 4 amide bonds. The molecule has 3 rings (SSSR count). The highest BCUT2D eigenvalue weighted by Crippen LogP contribution is 2.30. The van der Waals surface area contributed by atoms with Gasteiger partial charge in [-0.05, 0) is 36.0 Å². The van der Waals surface area contributed by atoms with Crippen molar-refractivity contribution in [1.29, 1.82) is 0 Å². The summed E-state index contributed by atoms with van der Waals surface area (Å²) in [5, 5.41) is 5.47. The van der Waals surface area contributed by atoms with E-state index in [1.54, 1.807) is 31.2 Å². The Morgan fingerprint density at radius 3 is 2.22 bits per heavy atom. The van der Waals surface area contributed by atoms with Crippen LogP contribution in [0.15, 0.2) is 48.5 Å². The molecule has 7 nitrogen and oxygen atoms in total. The maximum absolute atomic E-state index is 13.1. The van der Waals surface area contributed by atoms with Crippen LogP contribution in [0.3, 0.4) is 0 Å². The number of Topliss-reactive ketones (excluding diaryl/α,β-unsaturated/α-hetero) is 1. The summed E-state index contributed by atoms with van der Waals surface area (Å²) >= 11 is 0. The number of hydrogen-bond acceptors (Lipinski definition) is 4. The van der Waals surface area contributed by atoms with E-state index in [0.29, 0.717) is 30.0 Å². The van der Waals surface area contributed by atoms with Crippen LogP contribution in [0.1, 0.15) is 60.7 Å². The second-order valence-corrected chi connectivity index (χ2v) is 8.58. The number of carbonyl (C=O) groups is 4. The van der Waals surface area contributed by atoms with Crippen molar-refractivity contribution in [2.75, 3.05) is 13.1 Å². The van der Waals surface area contributed by atoms with Gasteiger partial charge in [0.1, 0.15) is 5.54 Å². The molecule has 0 spiro atoms. The third kappa shape index (κ3) is 4.88. The van der Waals surface area contributed by atoms with Crippen molar-refractivity contribution in [2.24, 2.45) is 0 Å². The molecule has 1 fully saturated rings. The van der Waals surface area contributed by atoms with Crippen LogP contribution in [-0.4, -0.2) is 41.6 Å². The number of benzene rings is 2. The summed E-state index contributed by atoms with van der Waals surface area (Å²) in [6.07, 6.45) is 0.648. The van der Waals surface area contributed by atoms with Crippen molar-refractivity contribution in [1.82, 2.24) is 15.5 Å². The van der Waals surface area contributed by atoms with Gasteiger partial charge in [0, 0.05) is 19.0 Å². The van der Waals surface area contributed by atoms with Crippen LogP contribution in [0.2, 0.25) is 0 Å². The van der Waals surface area contributed by atoms with E-state index in [1.807, 2.05) is 24.3 Å². The largest absolute Gasteiger partial charge is 0.356 e. The van der Waals surface area contributed by atoms with E-state index in [4.69, 9.17) is 0 Å². The zero-order valence-corrected chi connectivity index (χ0v) is 18.9. The highest BCUT2D eigenvalue weighted by atomic mass is 16.2. The van der Waals surface area contributed by atoms with E-state index in [-0.39, 0.29) is 18.2 Å². The first-order chi connectivity index (χ1) is 15.1. The molecule has 2 N–H and O–H groups in total. The highest BCUT2D eigenvalue weighted by Gasteiger charge is 2.49. The lowest BCUT2D eigenvalue weighted by Crippen LogP contribution is -2.41. The Kier molecular flexibility index (Phi) is 6.77. The fourth-order valence-electron chi connectivity index (χ4n) is 3.71. The van der Waals surface area contributed by atoms with Gasteiger partial charge in [0.25, 0.3) is 5.91 Å². The maximum Gasteiger partial charge on any atom is 0.325 e. The number of amides is 4. The molecule has 7 heteroatoms. The zero-order chi connectivity index (χ0) is 23.5. The molecule has 1 atom stereocenters. The Morgan fingerprint density at radius 2 is 1.66 bits per heavy atom. The topological polar surface area (TPSA) is 95.6 Å². The van der Waals surface area contributed by atoms with Gasteiger partial charge in [-0.1, -0.05) is 62.4 Å². The number of ketones is 1. The minimum absolute atomic E-state index is 0.0896. The molecule has 168 valence electrons. The lowest BCUT2D eigenvalue weighted by molar-refractivity contribution is -0.130. The third-order valence-electron chi connectivity index (χ3n) is 5.79. The van der Waals surface area contributed by atoms with Gasteiger partial charge in [0.05, 0.1) is 6.54 Å². The maximum atomic E-state index is 13.1. The number of imide groups is 1. The smallest absolute Gasteiger partial charge is 0.325 e. The monoisotopic (exact) mass is 435 g/mol. The third-order valence-corrected chi connectivity index (χ3v) is 5.79. The summed E-state index contributed by atoms with van der Waals surface area (Å²) in [6.45, 7) is 7.48. The minimum Gasteiger partial charge on any atom is -0.356 e. The molecule has 1 unspecified atom stereocenters. The number of urea groups is 1. The van der Waals surface area contributed by atoms with Crippen LogP contribution in [-0.2, 0) is 21.5 Å². The fraction of sp³-hybridized carbons (Fsp3) is 0.360. The Balaban J connectivity index is 1.68. The van der Waals surface area contributed by atoms with Crippen molar-refractivity contribution in [3.05, 3.63) is 70.8 Å². The van der Waals surface area contributed by atoms with Gasteiger partial charge in [0.15, 0.2) is 5.78 Å². The number of nitrogens with one attached hydrogen (secondary N) is 2. The summed E-state index contributed by atoms with van der Waals surface area (Å²) < 4.78 is 0.